The number of hydrogen-bond acceptors (Lipinski definition) is 2. The zero-order chi connectivity index (χ0) is 10.6. The van der Waals surface area contributed by atoms with Crippen LogP contribution in [-0.4, -0.2) is 17.6 Å². The highest BCUT2D eigenvalue weighted by Crippen LogP contribution is 2.16. The van der Waals surface area contributed by atoms with E-state index in [1.807, 2.05) is 32.0 Å². The third-order valence-electron chi connectivity index (χ3n) is 2.01. The number of benzene rings is 1. The lowest BCUT2D eigenvalue weighted by molar-refractivity contribution is -0.116. The van der Waals surface area contributed by atoms with E-state index < -0.39 is 0 Å². The number of aryl methyl sites for hydroxylation is 2. The topological polar surface area (TPSA) is 49.3 Å². The number of anilines is 1. The molecule has 0 spiro atoms. The standard InChI is InChI=1S/C11H15NO2/c1-8-3-4-9(2)10(7-8)12-11(14)5-6-13/h3-4,7,13H,5-6H2,1-2H3,(H,12,14). The molecule has 3 nitrogen and oxygen atoms in total. The van der Waals surface area contributed by atoms with Gasteiger partial charge in [0.25, 0.3) is 0 Å². The van der Waals surface area contributed by atoms with E-state index in [-0.39, 0.29) is 18.9 Å². The second-order valence-corrected chi connectivity index (χ2v) is 3.34. The Morgan fingerprint density at radius 3 is 2.79 bits per heavy atom. The molecular formula is C11H15NO2. The molecule has 1 amide bonds. The molecule has 3 heteroatoms. The van der Waals surface area contributed by atoms with E-state index in [1.165, 1.54) is 0 Å². The molecule has 14 heavy (non-hydrogen) atoms. The first-order valence-electron chi connectivity index (χ1n) is 4.61. The predicted octanol–water partition coefficient (Wildman–Crippen LogP) is 1.62. The zero-order valence-electron chi connectivity index (χ0n) is 8.50. The number of amides is 1. The Kier molecular flexibility index (Phi) is 3.65. The molecule has 76 valence electrons. The number of hydrogen-bond donors (Lipinski definition) is 2. The molecule has 0 atom stereocenters. The summed E-state index contributed by atoms with van der Waals surface area (Å²) < 4.78 is 0. The lowest BCUT2D eigenvalue weighted by Gasteiger charge is -2.08. The minimum absolute atomic E-state index is 0.114. The van der Waals surface area contributed by atoms with Crippen LogP contribution >= 0.6 is 0 Å². The summed E-state index contributed by atoms with van der Waals surface area (Å²) in [6.45, 7) is 3.80. The molecule has 0 fully saturated rings. The van der Waals surface area contributed by atoms with E-state index in [4.69, 9.17) is 5.11 Å². The third-order valence-corrected chi connectivity index (χ3v) is 2.01. The summed E-state index contributed by atoms with van der Waals surface area (Å²) in [5.41, 5.74) is 2.96. The summed E-state index contributed by atoms with van der Waals surface area (Å²) in [6.07, 6.45) is 0.146. The van der Waals surface area contributed by atoms with Crippen molar-refractivity contribution in [2.24, 2.45) is 0 Å². The Hall–Kier alpha value is -1.35. The molecule has 1 aromatic carbocycles. The highest BCUT2D eigenvalue weighted by atomic mass is 16.3. The van der Waals surface area contributed by atoms with E-state index in [0.29, 0.717) is 0 Å². The zero-order valence-corrected chi connectivity index (χ0v) is 8.50. The van der Waals surface area contributed by atoms with E-state index >= 15 is 0 Å². The van der Waals surface area contributed by atoms with Crippen LogP contribution in [0.3, 0.4) is 0 Å². The fourth-order valence-electron chi connectivity index (χ4n) is 1.18. The molecule has 1 aromatic rings. The lowest BCUT2D eigenvalue weighted by atomic mass is 10.1. The van der Waals surface area contributed by atoms with Gasteiger partial charge in [0, 0.05) is 5.69 Å². The lowest BCUT2D eigenvalue weighted by Crippen LogP contribution is -2.13. The average molecular weight is 193 g/mol. The first-order chi connectivity index (χ1) is 6.63. The van der Waals surface area contributed by atoms with Gasteiger partial charge in [0.05, 0.1) is 13.0 Å². The second kappa shape index (κ2) is 4.77. The van der Waals surface area contributed by atoms with Gasteiger partial charge >= 0.3 is 0 Å². The van der Waals surface area contributed by atoms with Gasteiger partial charge in [-0.1, -0.05) is 12.1 Å². The van der Waals surface area contributed by atoms with Crippen LogP contribution in [0.15, 0.2) is 18.2 Å². The first kappa shape index (κ1) is 10.7. The molecule has 0 radical (unpaired) electrons. The quantitative estimate of drug-likeness (QED) is 0.766. The summed E-state index contributed by atoms with van der Waals surface area (Å²) >= 11 is 0. The minimum atomic E-state index is -0.152. The van der Waals surface area contributed by atoms with Gasteiger partial charge in [-0.15, -0.1) is 0 Å². The molecule has 0 bridgehead atoms. The Balaban J connectivity index is 2.75. The number of aliphatic hydroxyl groups is 1. The molecule has 2 N–H and O–H groups in total. The van der Waals surface area contributed by atoms with Crippen LogP contribution in [0.2, 0.25) is 0 Å². The maximum atomic E-state index is 11.2. The van der Waals surface area contributed by atoms with Crippen LogP contribution in [0.5, 0.6) is 0 Å². The Morgan fingerprint density at radius 1 is 1.43 bits per heavy atom. The van der Waals surface area contributed by atoms with Gasteiger partial charge in [-0.25, -0.2) is 0 Å². The predicted molar refractivity (Wildman–Crippen MR) is 56.2 cm³/mol. The summed E-state index contributed by atoms with van der Waals surface area (Å²) in [5, 5.41) is 11.3. The molecular weight excluding hydrogens is 178 g/mol. The van der Waals surface area contributed by atoms with Gasteiger partial charge in [0.2, 0.25) is 5.91 Å². The van der Waals surface area contributed by atoms with Crippen molar-refractivity contribution in [1.29, 1.82) is 0 Å². The van der Waals surface area contributed by atoms with Crippen LogP contribution in [0.25, 0.3) is 0 Å². The van der Waals surface area contributed by atoms with Gasteiger partial charge in [-0.2, -0.15) is 0 Å². The van der Waals surface area contributed by atoms with Gasteiger partial charge in [-0.05, 0) is 31.0 Å². The van der Waals surface area contributed by atoms with Crippen molar-refractivity contribution in [3.05, 3.63) is 29.3 Å². The second-order valence-electron chi connectivity index (χ2n) is 3.34. The first-order valence-corrected chi connectivity index (χ1v) is 4.61. The minimum Gasteiger partial charge on any atom is -0.396 e. The van der Waals surface area contributed by atoms with E-state index in [9.17, 15) is 4.79 Å². The van der Waals surface area contributed by atoms with Crippen LogP contribution in [-0.2, 0) is 4.79 Å². The Labute approximate surface area is 83.8 Å². The number of nitrogens with one attached hydrogen (secondary N) is 1. The van der Waals surface area contributed by atoms with E-state index in [2.05, 4.69) is 5.32 Å². The van der Waals surface area contributed by atoms with Crippen molar-refractivity contribution in [2.75, 3.05) is 11.9 Å². The molecule has 0 saturated carbocycles. The van der Waals surface area contributed by atoms with Crippen molar-refractivity contribution in [3.63, 3.8) is 0 Å². The van der Waals surface area contributed by atoms with Gasteiger partial charge in [-0.3, -0.25) is 4.79 Å². The number of carbonyl (C=O) groups is 1. The normalized spacial score (nSPS) is 9.93. The monoisotopic (exact) mass is 193 g/mol. The number of carbonyl (C=O) groups excluding carboxylic acids is 1. The molecule has 0 aliphatic carbocycles. The fraction of sp³-hybridized carbons (Fsp3) is 0.364. The summed E-state index contributed by atoms with van der Waals surface area (Å²) in [5.74, 6) is -0.152. The molecule has 1 rings (SSSR count). The third kappa shape index (κ3) is 2.85. The average Bonchev–Trinajstić information content (AvgIpc) is 2.12. The van der Waals surface area contributed by atoms with Crippen molar-refractivity contribution < 1.29 is 9.90 Å². The molecule has 0 saturated heterocycles. The number of rotatable bonds is 3. The molecule has 0 heterocycles. The Bertz CT molecular complexity index is 334. The van der Waals surface area contributed by atoms with Crippen molar-refractivity contribution in [2.45, 2.75) is 20.3 Å². The summed E-state index contributed by atoms with van der Waals surface area (Å²) in [6, 6.07) is 5.88. The van der Waals surface area contributed by atoms with Crippen molar-refractivity contribution in [1.82, 2.24) is 0 Å². The molecule has 0 aliphatic rings. The van der Waals surface area contributed by atoms with Crippen molar-refractivity contribution >= 4 is 11.6 Å². The van der Waals surface area contributed by atoms with Crippen LogP contribution in [0, 0.1) is 13.8 Å². The smallest absolute Gasteiger partial charge is 0.226 e. The maximum absolute atomic E-state index is 11.2. The SMILES string of the molecule is Cc1ccc(C)c(NC(=O)CCO)c1. The van der Waals surface area contributed by atoms with Crippen LogP contribution in [0.4, 0.5) is 5.69 Å². The molecule has 0 unspecified atom stereocenters. The van der Waals surface area contributed by atoms with Crippen molar-refractivity contribution in [3.8, 4) is 0 Å². The summed E-state index contributed by atoms with van der Waals surface area (Å²) in [7, 11) is 0. The number of aliphatic hydroxyl groups excluding tert-OH is 1. The van der Waals surface area contributed by atoms with E-state index in [1.54, 1.807) is 0 Å². The Morgan fingerprint density at radius 2 is 2.14 bits per heavy atom. The van der Waals surface area contributed by atoms with Crippen LogP contribution < -0.4 is 5.32 Å². The van der Waals surface area contributed by atoms with Gasteiger partial charge in [0.15, 0.2) is 0 Å². The highest BCUT2D eigenvalue weighted by Gasteiger charge is 2.03. The largest absolute Gasteiger partial charge is 0.396 e. The molecule has 0 aromatic heterocycles. The summed E-state index contributed by atoms with van der Waals surface area (Å²) in [4.78, 5) is 11.2. The maximum Gasteiger partial charge on any atom is 0.226 e. The van der Waals surface area contributed by atoms with Gasteiger partial charge < -0.3 is 10.4 Å². The highest BCUT2D eigenvalue weighted by molar-refractivity contribution is 5.91. The van der Waals surface area contributed by atoms with Crippen LogP contribution in [0.1, 0.15) is 17.5 Å². The molecule has 0 aliphatic heterocycles. The fourth-order valence-corrected chi connectivity index (χ4v) is 1.18. The van der Waals surface area contributed by atoms with Gasteiger partial charge in [0.1, 0.15) is 0 Å². The van der Waals surface area contributed by atoms with E-state index in [0.717, 1.165) is 16.8 Å².